The molecule has 0 aromatic carbocycles. The molecule has 0 saturated carbocycles. The third-order valence-electron chi connectivity index (χ3n) is 9.28. The van der Waals surface area contributed by atoms with E-state index < -0.39 is 12.1 Å². The summed E-state index contributed by atoms with van der Waals surface area (Å²) in [7, 11) is 0. The van der Waals surface area contributed by atoms with Gasteiger partial charge in [0.05, 0.1) is 18.8 Å². The van der Waals surface area contributed by atoms with E-state index in [1.807, 2.05) is 6.08 Å². The van der Waals surface area contributed by atoms with Gasteiger partial charge in [0.15, 0.2) is 0 Å². The van der Waals surface area contributed by atoms with Gasteiger partial charge in [-0.25, -0.2) is 0 Å². The topological polar surface area (TPSA) is 69.6 Å². The standard InChI is InChI=1S/C44H81NO3/c1-3-5-7-9-11-13-15-17-19-20-21-22-23-24-26-28-30-32-34-36-38-40-44(48)45-42(41-46)43(47)39-37-35-33-31-29-27-25-18-16-14-12-10-8-6-4-2/h15,17,20-21,29,31,37,39,42-43,46-47H,3-14,16,18-19,22-28,30,32-36,38,40-41H2,1-2H3,(H,45,48)/b17-15-,21-20-,31-29+,39-37+. The fourth-order valence-corrected chi connectivity index (χ4v) is 6.05. The molecule has 0 aromatic rings. The molecular formula is C44H81NO3. The van der Waals surface area contributed by atoms with E-state index in [0.717, 1.165) is 38.5 Å². The molecule has 0 bridgehead atoms. The molecule has 0 rings (SSSR count). The van der Waals surface area contributed by atoms with Crippen LogP contribution in [-0.2, 0) is 4.79 Å². The lowest BCUT2D eigenvalue weighted by Gasteiger charge is -2.19. The van der Waals surface area contributed by atoms with Crippen molar-refractivity contribution in [2.24, 2.45) is 0 Å². The first-order valence-corrected chi connectivity index (χ1v) is 20.9. The van der Waals surface area contributed by atoms with Crippen LogP contribution in [0.2, 0.25) is 0 Å². The Bertz CT molecular complexity index is 771. The predicted octanol–water partition coefficient (Wildman–Crippen LogP) is 12.8. The van der Waals surface area contributed by atoms with Gasteiger partial charge in [0.1, 0.15) is 0 Å². The maximum absolute atomic E-state index is 12.4. The highest BCUT2D eigenvalue weighted by Gasteiger charge is 2.17. The van der Waals surface area contributed by atoms with Crippen LogP contribution >= 0.6 is 0 Å². The summed E-state index contributed by atoms with van der Waals surface area (Å²) in [6, 6.07) is -0.641. The van der Waals surface area contributed by atoms with E-state index in [9.17, 15) is 15.0 Å². The van der Waals surface area contributed by atoms with Crippen LogP contribution in [0.15, 0.2) is 48.6 Å². The van der Waals surface area contributed by atoms with Crippen LogP contribution in [0.3, 0.4) is 0 Å². The molecule has 2 atom stereocenters. The van der Waals surface area contributed by atoms with Crippen LogP contribution in [0.1, 0.15) is 206 Å². The zero-order valence-electron chi connectivity index (χ0n) is 32.0. The Balaban J connectivity index is 3.63. The van der Waals surface area contributed by atoms with Crippen molar-refractivity contribution >= 4 is 5.91 Å². The normalized spacial score (nSPS) is 13.5. The molecule has 3 N–H and O–H groups in total. The smallest absolute Gasteiger partial charge is 0.220 e. The number of hydrogen-bond donors (Lipinski definition) is 3. The number of unbranched alkanes of at least 4 members (excludes halogenated alkanes) is 24. The Hall–Kier alpha value is -1.65. The zero-order valence-corrected chi connectivity index (χ0v) is 32.0. The molecule has 0 fully saturated rings. The van der Waals surface area contributed by atoms with E-state index in [-0.39, 0.29) is 12.5 Å². The lowest BCUT2D eigenvalue weighted by molar-refractivity contribution is -0.123. The molecule has 0 aliphatic heterocycles. The van der Waals surface area contributed by atoms with Crippen molar-refractivity contribution in [3.8, 4) is 0 Å². The summed E-state index contributed by atoms with van der Waals surface area (Å²) in [4.78, 5) is 12.4. The lowest BCUT2D eigenvalue weighted by atomic mass is 10.1. The van der Waals surface area contributed by atoms with Gasteiger partial charge in [0.25, 0.3) is 0 Å². The largest absolute Gasteiger partial charge is 0.394 e. The van der Waals surface area contributed by atoms with Gasteiger partial charge in [-0.2, -0.15) is 0 Å². The van der Waals surface area contributed by atoms with Crippen molar-refractivity contribution < 1.29 is 15.0 Å². The van der Waals surface area contributed by atoms with Gasteiger partial charge in [-0.3, -0.25) is 4.79 Å². The molecule has 0 radical (unpaired) electrons. The average molecular weight is 672 g/mol. The quantitative estimate of drug-likeness (QED) is 0.0455. The number of aliphatic hydroxyl groups is 2. The summed E-state index contributed by atoms with van der Waals surface area (Å²) >= 11 is 0. The summed E-state index contributed by atoms with van der Waals surface area (Å²) in [6.07, 6.45) is 53.5. The number of hydrogen-bond acceptors (Lipinski definition) is 3. The number of carbonyl (C=O) groups excluding carboxylic acids is 1. The van der Waals surface area contributed by atoms with E-state index >= 15 is 0 Å². The van der Waals surface area contributed by atoms with Crippen LogP contribution in [-0.4, -0.2) is 34.9 Å². The van der Waals surface area contributed by atoms with Crippen molar-refractivity contribution in [3.63, 3.8) is 0 Å². The molecule has 0 heterocycles. The minimum absolute atomic E-state index is 0.0798. The molecule has 1 amide bonds. The third kappa shape index (κ3) is 35.7. The van der Waals surface area contributed by atoms with Gasteiger partial charge in [-0.15, -0.1) is 0 Å². The second-order valence-electron chi connectivity index (χ2n) is 14.0. The fourth-order valence-electron chi connectivity index (χ4n) is 6.05. The van der Waals surface area contributed by atoms with E-state index in [1.54, 1.807) is 6.08 Å². The first kappa shape index (κ1) is 46.4. The lowest BCUT2D eigenvalue weighted by Crippen LogP contribution is -2.45. The molecule has 0 aliphatic rings. The first-order valence-electron chi connectivity index (χ1n) is 20.9. The van der Waals surface area contributed by atoms with E-state index in [1.165, 1.54) is 148 Å². The van der Waals surface area contributed by atoms with E-state index in [2.05, 4.69) is 55.6 Å². The van der Waals surface area contributed by atoms with Crippen molar-refractivity contribution in [2.75, 3.05) is 6.61 Å². The zero-order chi connectivity index (χ0) is 35.0. The highest BCUT2D eigenvalue weighted by Crippen LogP contribution is 2.13. The molecule has 280 valence electrons. The molecule has 2 unspecified atom stereocenters. The van der Waals surface area contributed by atoms with Crippen LogP contribution in [0.4, 0.5) is 0 Å². The van der Waals surface area contributed by atoms with Gasteiger partial charge in [-0.1, -0.05) is 184 Å². The number of allylic oxidation sites excluding steroid dienone is 7. The fraction of sp³-hybridized carbons (Fsp3) is 0.795. The van der Waals surface area contributed by atoms with Gasteiger partial charge in [-0.05, 0) is 64.2 Å². The first-order chi connectivity index (χ1) is 23.7. The molecule has 0 saturated heterocycles. The Morgan fingerprint density at radius 2 is 0.875 bits per heavy atom. The van der Waals surface area contributed by atoms with Gasteiger partial charge >= 0.3 is 0 Å². The Kier molecular flexibility index (Phi) is 38.4. The monoisotopic (exact) mass is 672 g/mol. The van der Waals surface area contributed by atoms with Crippen molar-refractivity contribution in [3.05, 3.63) is 48.6 Å². The van der Waals surface area contributed by atoms with Gasteiger partial charge in [0.2, 0.25) is 5.91 Å². The molecule has 0 aliphatic carbocycles. The SMILES string of the molecule is CCCCCCC/C=C\C/C=C\CCCCCCCCCCCC(=O)NC(CO)C(O)/C=C/CC/C=C/CCCCCCCCCCC. The van der Waals surface area contributed by atoms with Crippen molar-refractivity contribution in [1.29, 1.82) is 0 Å². The number of nitrogens with one attached hydrogen (secondary N) is 1. The summed E-state index contributed by atoms with van der Waals surface area (Å²) in [5.74, 6) is -0.0798. The van der Waals surface area contributed by atoms with E-state index in [4.69, 9.17) is 0 Å². The highest BCUT2D eigenvalue weighted by atomic mass is 16.3. The van der Waals surface area contributed by atoms with Crippen molar-refractivity contribution in [1.82, 2.24) is 5.32 Å². The average Bonchev–Trinajstić information content (AvgIpc) is 3.09. The second kappa shape index (κ2) is 39.8. The maximum atomic E-state index is 12.4. The predicted molar refractivity (Wildman–Crippen MR) is 211 cm³/mol. The summed E-state index contributed by atoms with van der Waals surface area (Å²) in [5.41, 5.74) is 0. The molecule has 0 spiro atoms. The Labute approximate surface area is 299 Å². The van der Waals surface area contributed by atoms with Crippen LogP contribution in [0.5, 0.6) is 0 Å². The van der Waals surface area contributed by atoms with Crippen LogP contribution < -0.4 is 5.32 Å². The number of rotatable bonds is 37. The second-order valence-corrected chi connectivity index (χ2v) is 14.0. The minimum atomic E-state index is -0.863. The van der Waals surface area contributed by atoms with Gasteiger partial charge < -0.3 is 15.5 Å². The molecule has 48 heavy (non-hydrogen) atoms. The summed E-state index contributed by atoms with van der Waals surface area (Å²) in [6.45, 7) is 4.28. The summed E-state index contributed by atoms with van der Waals surface area (Å²) < 4.78 is 0. The third-order valence-corrected chi connectivity index (χ3v) is 9.28. The van der Waals surface area contributed by atoms with E-state index in [0.29, 0.717) is 6.42 Å². The van der Waals surface area contributed by atoms with Crippen LogP contribution in [0, 0.1) is 0 Å². The highest BCUT2D eigenvalue weighted by molar-refractivity contribution is 5.76. The Morgan fingerprint density at radius 3 is 1.33 bits per heavy atom. The number of aliphatic hydroxyl groups excluding tert-OH is 2. The maximum Gasteiger partial charge on any atom is 0.220 e. The summed E-state index contributed by atoms with van der Waals surface area (Å²) in [5, 5.41) is 22.9. The Morgan fingerprint density at radius 1 is 0.500 bits per heavy atom. The van der Waals surface area contributed by atoms with Gasteiger partial charge in [0, 0.05) is 6.42 Å². The van der Waals surface area contributed by atoms with Crippen LogP contribution in [0.25, 0.3) is 0 Å². The molecular weight excluding hydrogens is 590 g/mol. The number of carbonyl (C=O) groups is 1. The molecule has 4 nitrogen and oxygen atoms in total. The molecule has 4 heteroatoms. The molecule has 0 aromatic heterocycles. The van der Waals surface area contributed by atoms with Crippen molar-refractivity contribution in [2.45, 2.75) is 219 Å². The number of amides is 1. The minimum Gasteiger partial charge on any atom is -0.394 e.